The number of carbonyl (C=O) groups excluding carboxylic acids is 2. The molecule has 0 radical (unpaired) electrons. The highest BCUT2D eigenvalue weighted by atomic mass is 19.1. The molecule has 1 aliphatic rings. The molecular formula is C19H24FNO5. The van der Waals surface area contributed by atoms with Gasteiger partial charge in [0.1, 0.15) is 11.7 Å². The number of piperidine rings is 1. The summed E-state index contributed by atoms with van der Waals surface area (Å²) in [6.07, 6.45) is 3.36. The molecule has 1 amide bonds. The van der Waals surface area contributed by atoms with Crippen LogP contribution in [0.3, 0.4) is 0 Å². The molecule has 1 heterocycles. The van der Waals surface area contributed by atoms with Gasteiger partial charge in [-0.3, -0.25) is 4.79 Å². The molecule has 6 nitrogen and oxygen atoms in total. The molecule has 1 aliphatic heterocycles. The molecule has 0 unspecified atom stereocenters. The predicted octanol–water partition coefficient (Wildman–Crippen LogP) is 3.75. The van der Waals surface area contributed by atoms with Crippen molar-refractivity contribution in [2.45, 2.75) is 45.3 Å². The zero-order valence-electron chi connectivity index (χ0n) is 15.2. The van der Waals surface area contributed by atoms with Crippen LogP contribution < -0.4 is 4.74 Å². The molecule has 0 aliphatic carbocycles. The van der Waals surface area contributed by atoms with Crippen molar-refractivity contribution >= 4 is 18.6 Å². The third-order valence-corrected chi connectivity index (χ3v) is 3.74. The summed E-state index contributed by atoms with van der Waals surface area (Å²) in [5.41, 5.74) is 0.0250. The zero-order chi connectivity index (χ0) is 19.2. The Kier molecular flexibility index (Phi) is 6.60. The molecule has 26 heavy (non-hydrogen) atoms. The maximum absolute atomic E-state index is 14.2. The Bertz CT molecular complexity index is 660. The van der Waals surface area contributed by atoms with Crippen LogP contribution in [0.2, 0.25) is 0 Å². The highest BCUT2D eigenvalue weighted by Crippen LogP contribution is 2.24. The van der Waals surface area contributed by atoms with E-state index < -0.39 is 11.4 Å². The van der Waals surface area contributed by atoms with Gasteiger partial charge in [0.25, 0.3) is 6.47 Å². The van der Waals surface area contributed by atoms with Gasteiger partial charge in [-0.25, -0.2) is 9.18 Å². The molecule has 1 fully saturated rings. The highest BCUT2D eigenvalue weighted by Gasteiger charge is 2.28. The van der Waals surface area contributed by atoms with Gasteiger partial charge < -0.3 is 19.1 Å². The number of rotatable bonds is 5. The van der Waals surface area contributed by atoms with Crippen LogP contribution in [0.5, 0.6) is 5.75 Å². The van der Waals surface area contributed by atoms with Crippen molar-refractivity contribution in [3.8, 4) is 5.75 Å². The van der Waals surface area contributed by atoms with Crippen molar-refractivity contribution in [1.29, 1.82) is 0 Å². The van der Waals surface area contributed by atoms with Crippen molar-refractivity contribution in [3.05, 3.63) is 35.8 Å². The lowest BCUT2D eigenvalue weighted by Gasteiger charge is -2.33. The van der Waals surface area contributed by atoms with Gasteiger partial charge in [0.05, 0.1) is 6.26 Å². The number of likely N-dealkylation sites (tertiary alicyclic amines) is 1. The van der Waals surface area contributed by atoms with Crippen molar-refractivity contribution in [3.63, 3.8) is 0 Å². The molecule has 0 aromatic heterocycles. The molecule has 0 spiro atoms. The van der Waals surface area contributed by atoms with Gasteiger partial charge in [0.15, 0.2) is 11.6 Å². The second kappa shape index (κ2) is 8.69. The number of hydrogen-bond acceptors (Lipinski definition) is 5. The first-order valence-electron chi connectivity index (χ1n) is 8.48. The maximum Gasteiger partial charge on any atom is 0.410 e. The van der Waals surface area contributed by atoms with Crippen LogP contribution in [0.4, 0.5) is 9.18 Å². The molecule has 7 heteroatoms. The van der Waals surface area contributed by atoms with Crippen LogP contribution in [-0.2, 0) is 14.3 Å². The summed E-state index contributed by atoms with van der Waals surface area (Å²) in [6.45, 7) is 6.78. The van der Waals surface area contributed by atoms with Gasteiger partial charge in [-0.05, 0) is 44.5 Å². The van der Waals surface area contributed by atoms with Gasteiger partial charge >= 0.3 is 6.09 Å². The lowest BCUT2D eigenvalue weighted by atomic mass is 10.1. The van der Waals surface area contributed by atoms with Gasteiger partial charge in [-0.2, -0.15) is 0 Å². The molecule has 2 rings (SSSR count). The summed E-state index contributed by atoms with van der Waals surface area (Å²) < 4.78 is 29.7. The quantitative estimate of drug-likeness (QED) is 0.587. The number of amides is 1. The molecule has 1 aromatic rings. The highest BCUT2D eigenvalue weighted by molar-refractivity contribution is 5.68. The Morgan fingerprint density at radius 2 is 1.96 bits per heavy atom. The van der Waals surface area contributed by atoms with Crippen molar-refractivity contribution in [2.75, 3.05) is 13.1 Å². The predicted molar refractivity (Wildman–Crippen MR) is 94.0 cm³/mol. The van der Waals surface area contributed by atoms with E-state index in [9.17, 15) is 14.0 Å². The molecule has 0 N–H and O–H groups in total. The van der Waals surface area contributed by atoms with E-state index in [-0.39, 0.29) is 24.4 Å². The summed E-state index contributed by atoms with van der Waals surface area (Å²) in [7, 11) is 0. The first kappa shape index (κ1) is 19.8. The van der Waals surface area contributed by atoms with E-state index in [2.05, 4.69) is 4.74 Å². The van der Waals surface area contributed by atoms with E-state index in [1.807, 2.05) is 20.8 Å². The first-order chi connectivity index (χ1) is 12.3. The summed E-state index contributed by atoms with van der Waals surface area (Å²) >= 11 is 0. The summed E-state index contributed by atoms with van der Waals surface area (Å²) in [5.74, 6) is -0.331. The maximum atomic E-state index is 14.2. The number of nitrogens with zero attached hydrogens (tertiary/aromatic N) is 1. The number of ether oxygens (including phenoxy) is 3. The van der Waals surface area contributed by atoms with Crippen molar-refractivity contribution < 1.29 is 28.2 Å². The fourth-order valence-corrected chi connectivity index (χ4v) is 2.53. The molecule has 0 saturated carbocycles. The lowest BCUT2D eigenvalue weighted by molar-refractivity contribution is -0.123. The SMILES string of the molecule is CC(C)(C)OC(=O)N1CCC(Oc2ccc(/C=C/OC=O)cc2F)CC1. The molecule has 1 saturated heterocycles. The Morgan fingerprint density at radius 3 is 2.54 bits per heavy atom. The van der Waals surface area contributed by atoms with Gasteiger partial charge in [-0.1, -0.05) is 6.07 Å². The average Bonchev–Trinajstić information content (AvgIpc) is 2.56. The number of hydrogen-bond donors (Lipinski definition) is 0. The van der Waals surface area contributed by atoms with E-state index >= 15 is 0 Å². The fourth-order valence-electron chi connectivity index (χ4n) is 2.53. The molecule has 1 aromatic carbocycles. The minimum absolute atomic E-state index is 0.161. The van der Waals surface area contributed by atoms with Crippen LogP contribution in [-0.4, -0.2) is 42.3 Å². The van der Waals surface area contributed by atoms with Gasteiger partial charge in [0.2, 0.25) is 0 Å². The third kappa shape index (κ3) is 6.06. The standard InChI is InChI=1S/C19H24FNO5/c1-19(2,3)26-18(23)21-9-6-15(7-10-21)25-17-5-4-14(12-16(17)20)8-11-24-13-22/h4-5,8,11-13,15H,6-7,9-10H2,1-3H3/b11-8+. The van der Waals surface area contributed by atoms with Gasteiger partial charge in [-0.15, -0.1) is 0 Å². The second-order valence-corrected chi connectivity index (χ2v) is 7.01. The summed E-state index contributed by atoms with van der Waals surface area (Å²) in [6, 6.07) is 4.50. The largest absolute Gasteiger partial charge is 0.487 e. The minimum Gasteiger partial charge on any atom is -0.487 e. The summed E-state index contributed by atoms with van der Waals surface area (Å²) in [4.78, 5) is 23.8. The monoisotopic (exact) mass is 365 g/mol. The van der Waals surface area contributed by atoms with E-state index in [1.165, 1.54) is 24.5 Å². The first-order valence-corrected chi connectivity index (χ1v) is 8.48. The normalized spacial score (nSPS) is 15.8. The smallest absolute Gasteiger partial charge is 0.410 e. The van der Waals surface area contributed by atoms with E-state index in [1.54, 1.807) is 11.0 Å². The average molecular weight is 365 g/mol. The van der Waals surface area contributed by atoms with Crippen LogP contribution >= 0.6 is 0 Å². The topological polar surface area (TPSA) is 65.1 Å². The Balaban J connectivity index is 1.87. The van der Waals surface area contributed by atoms with E-state index in [4.69, 9.17) is 9.47 Å². The lowest BCUT2D eigenvalue weighted by Crippen LogP contribution is -2.44. The van der Waals surface area contributed by atoms with Crippen LogP contribution in [0, 0.1) is 5.82 Å². The Morgan fingerprint density at radius 1 is 1.27 bits per heavy atom. The van der Waals surface area contributed by atoms with Crippen molar-refractivity contribution in [2.24, 2.45) is 0 Å². The molecule has 142 valence electrons. The minimum atomic E-state index is -0.527. The molecular weight excluding hydrogens is 341 g/mol. The van der Waals surface area contributed by atoms with Crippen LogP contribution in [0.1, 0.15) is 39.2 Å². The van der Waals surface area contributed by atoms with Gasteiger partial charge in [0, 0.05) is 25.9 Å². The third-order valence-electron chi connectivity index (χ3n) is 3.74. The van der Waals surface area contributed by atoms with Crippen LogP contribution in [0.15, 0.2) is 24.5 Å². The van der Waals surface area contributed by atoms with Crippen molar-refractivity contribution in [1.82, 2.24) is 4.90 Å². The Hall–Kier alpha value is -2.57. The number of benzene rings is 1. The molecule has 0 bridgehead atoms. The van der Waals surface area contributed by atoms with E-state index in [0.717, 1.165) is 0 Å². The van der Waals surface area contributed by atoms with E-state index in [0.29, 0.717) is 31.5 Å². The molecule has 0 atom stereocenters. The fraction of sp³-hybridized carbons (Fsp3) is 0.474. The Labute approximate surface area is 152 Å². The summed E-state index contributed by atoms with van der Waals surface area (Å²) in [5, 5.41) is 0. The number of carbonyl (C=O) groups is 2. The zero-order valence-corrected chi connectivity index (χ0v) is 15.2. The number of halogens is 1. The second-order valence-electron chi connectivity index (χ2n) is 7.01. The van der Waals surface area contributed by atoms with Crippen LogP contribution in [0.25, 0.3) is 6.08 Å².